The number of piperidine rings is 1. The van der Waals surface area contributed by atoms with Crippen LogP contribution in [-0.4, -0.2) is 75.2 Å². The van der Waals surface area contributed by atoms with Gasteiger partial charge < -0.3 is 30.1 Å². The van der Waals surface area contributed by atoms with Crippen LogP contribution < -0.4 is 15.5 Å². The number of anilines is 2. The molecule has 4 saturated heterocycles. The first-order valence-corrected chi connectivity index (χ1v) is 14.8. The highest BCUT2D eigenvalue weighted by atomic mass is 127. The Kier molecular flexibility index (Phi) is 7.02. The third kappa shape index (κ3) is 4.38. The number of alkyl halides is 1. The summed E-state index contributed by atoms with van der Waals surface area (Å²) in [5.74, 6) is 1.55. The van der Waals surface area contributed by atoms with Crippen LogP contribution >= 0.6 is 46.0 Å². The molecule has 0 radical (unpaired) electrons. The molecule has 2 aromatic heterocycles. The van der Waals surface area contributed by atoms with Gasteiger partial charge in [-0.05, 0) is 54.8 Å². The Bertz CT molecular complexity index is 1150. The van der Waals surface area contributed by atoms with E-state index in [4.69, 9.17) is 36.8 Å². The number of hydrogen-bond donors (Lipinski definition) is 2. The number of pyridine rings is 1. The van der Waals surface area contributed by atoms with Crippen LogP contribution in [-0.2, 0) is 16.1 Å². The maximum Gasteiger partial charge on any atom is 0.153 e. The lowest BCUT2D eigenvalue weighted by Crippen LogP contribution is -2.50. The summed E-state index contributed by atoms with van der Waals surface area (Å²) in [6.07, 6.45) is 4.96. The minimum Gasteiger partial charge on any atom is -0.390 e. The second kappa shape index (κ2) is 9.97. The maximum atomic E-state index is 10.2. The zero-order valence-electron chi connectivity index (χ0n) is 20.1. The molecular formula is C24H30ClIN6O3S. The largest absolute Gasteiger partial charge is 0.390 e. The fourth-order valence-corrected chi connectivity index (χ4v) is 7.95. The maximum absolute atomic E-state index is 10.2. The van der Waals surface area contributed by atoms with Gasteiger partial charge in [-0.3, -0.25) is 0 Å². The van der Waals surface area contributed by atoms with Gasteiger partial charge in [0, 0.05) is 42.2 Å². The van der Waals surface area contributed by atoms with Gasteiger partial charge in [-0.1, -0.05) is 23.4 Å². The monoisotopic (exact) mass is 644 g/mol. The number of nitrogens with two attached hydrogens (primary N) is 1. The number of hydrogen-bond acceptors (Lipinski definition) is 10. The fraction of sp³-hybridized carbons (Fsp3) is 0.625. The molecule has 194 valence electrons. The smallest absolute Gasteiger partial charge is 0.153 e. The first-order valence-electron chi connectivity index (χ1n) is 12.3. The molecule has 2 aromatic rings. The molecule has 4 aliphatic heterocycles. The van der Waals surface area contributed by atoms with E-state index in [1.165, 1.54) is 11.8 Å². The van der Waals surface area contributed by atoms with Gasteiger partial charge in [0.25, 0.3) is 0 Å². The van der Waals surface area contributed by atoms with Gasteiger partial charge >= 0.3 is 0 Å². The second-order valence-electron chi connectivity index (χ2n) is 10.1. The molecule has 4 aliphatic rings. The van der Waals surface area contributed by atoms with Crippen molar-refractivity contribution in [3.63, 3.8) is 0 Å². The van der Waals surface area contributed by atoms with Crippen molar-refractivity contribution in [2.45, 2.75) is 65.0 Å². The first kappa shape index (κ1) is 25.3. The van der Waals surface area contributed by atoms with Crippen LogP contribution in [0.2, 0.25) is 5.02 Å². The normalized spacial score (nSPS) is 29.0. The summed E-state index contributed by atoms with van der Waals surface area (Å²) in [6.45, 7) is 5.66. The van der Waals surface area contributed by atoms with E-state index in [-0.39, 0.29) is 28.3 Å². The fourth-order valence-electron chi connectivity index (χ4n) is 5.80. The van der Waals surface area contributed by atoms with Crippen molar-refractivity contribution in [3.05, 3.63) is 28.7 Å². The summed E-state index contributed by atoms with van der Waals surface area (Å²) in [7, 11) is 0. The van der Waals surface area contributed by atoms with Gasteiger partial charge in [0.15, 0.2) is 5.82 Å². The highest BCUT2D eigenvalue weighted by molar-refractivity contribution is 14.1. The minimum absolute atomic E-state index is 0.0246. The molecule has 36 heavy (non-hydrogen) atoms. The number of aryl methyl sites for hydroxylation is 1. The van der Waals surface area contributed by atoms with E-state index in [1.807, 2.05) is 13.0 Å². The van der Waals surface area contributed by atoms with E-state index in [2.05, 4.69) is 37.4 Å². The average Bonchev–Trinajstić information content (AvgIpc) is 3.59. The Balaban J connectivity index is 1.21. The topological polar surface area (TPSA) is 110 Å². The van der Waals surface area contributed by atoms with Crippen LogP contribution in [0.1, 0.15) is 30.7 Å². The van der Waals surface area contributed by atoms with E-state index in [9.17, 15) is 5.11 Å². The Morgan fingerprint density at radius 3 is 2.72 bits per heavy atom. The standard InChI is InChI=1S/C24H30ClIN6O3S/c1-13-23(36-17-2-5-28-22(18(17)25)32-9-15-8-14(32)11-34-15)30-16(10-33)21(29-13)31-6-3-24(4-7-31)12-35-20(26)19(24)27/h2,5,14-15,19-20,33H,3-4,6-12,27H2,1H3/t14-,15-,19+,20+/m0/s1. The van der Waals surface area contributed by atoms with Crippen LogP contribution in [0, 0.1) is 12.3 Å². The molecule has 2 bridgehead atoms. The lowest BCUT2D eigenvalue weighted by Gasteiger charge is -2.41. The summed E-state index contributed by atoms with van der Waals surface area (Å²) in [5.41, 5.74) is 7.89. The number of aliphatic hydroxyl groups is 1. The molecule has 0 aromatic carbocycles. The molecule has 6 heterocycles. The highest BCUT2D eigenvalue weighted by Crippen LogP contribution is 2.45. The molecule has 12 heteroatoms. The number of halogens is 2. The average molecular weight is 645 g/mol. The summed E-state index contributed by atoms with van der Waals surface area (Å²) in [6, 6.07) is 2.29. The van der Waals surface area contributed by atoms with Gasteiger partial charge in [-0.2, -0.15) is 0 Å². The summed E-state index contributed by atoms with van der Waals surface area (Å²) < 4.78 is 11.6. The molecule has 0 aliphatic carbocycles. The van der Waals surface area contributed by atoms with E-state index >= 15 is 0 Å². The van der Waals surface area contributed by atoms with Crippen molar-refractivity contribution < 1.29 is 14.6 Å². The van der Waals surface area contributed by atoms with Gasteiger partial charge in [0.05, 0.1) is 42.7 Å². The van der Waals surface area contributed by atoms with Crippen molar-refractivity contribution in [3.8, 4) is 0 Å². The third-order valence-electron chi connectivity index (χ3n) is 8.02. The van der Waals surface area contributed by atoms with Crippen molar-refractivity contribution in [1.29, 1.82) is 0 Å². The Hall–Kier alpha value is -0.960. The number of rotatable bonds is 5. The number of aromatic nitrogens is 3. The SMILES string of the molecule is Cc1nc(N2CCC3(CC2)CO[C@@H](I)[C@H]3N)c(CO)nc1Sc1ccnc(N2C[C@@H]3C[C@H]2CO3)c1Cl. The van der Waals surface area contributed by atoms with Crippen molar-refractivity contribution >= 4 is 57.6 Å². The summed E-state index contributed by atoms with van der Waals surface area (Å²) in [5, 5.41) is 11.5. The van der Waals surface area contributed by atoms with Gasteiger partial charge in [0.2, 0.25) is 0 Å². The lowest BCUT2D eigenvalue weighted by molar-refractivity contribution is 0.0989. The van der Waals surface area contributed by atoms with Crippen molar-refractivity contribution in [1.82, 2.24) is 15.0 Å². The molecule has 6 rings (SSSR count). The van der Waals surface area contributed by atoms with E-state index in [0.29, 0.717) is 23.4 Å². The molecule has 4 atom stereocenters. The van der Waals surface area contributed by atoms with Crippen molar-refractivity contribution in [2.24, 2.45) is 11.1 Å². The number of morpholine rings is 1. The summed E-state index contributed by atoms with van der Waals surface area (Å²) in [4.78, 5) is 19.7. The molecule has 0 unspecified atom stereocenters. The van der Waals surface area contributed by atoms with Crippen LogP contribution in [0.3, 0.4) is 0 Å². The molecule has 0 saturated carbocycles. The zero-order chi connectivity index (χ0) is 25.0. The molecule has 9 nitrogen and oxygen atoms in total. The Morgan fingerprint density at radius 1 is 1.28 bits per heavy atom. The lowest BCUT2D eigenvalue weighted by atomic mass is 9.75. The van der Waals surface area contributed by atoms with Crippen LogP contribution in [0.25, 0.3) is 0 Å². The van der Waals surface area contributed by atoms with Gasteiger partial charge in [-0.15, -0.1) is 0 Å². The van der Waals surface area contributed by atoms with Gasteiger partial charge in [0.1, 0.15) is 20.6 Å². The Morgan fingerprint density at radius 2 is 2.08 bits per heavy atom. The first-order chi connectivity index (χ1) is 17.4. The molecule has 1 spiro atoms. The van der Waals surface area contributed by atoms with Crippen LogP contribution in [0.15, 0.2) is 22.2 Å². The Labute approximate surface area is 233 Å². The molecule has 4 fully saturated rings. The summed E-state index contributed by atoms with van der Waals surface area (Å²) >= 11 is 10.6. The second-order valence-corrected chi connectivity index (χ2v) is 12.8. The molecule has 0 amide bonds. The van der Waals surface area contributed by atoms with Gasteiger partial charge in [-0.25, -0.2) is 15.0 Å². The highest BCUT2D eigenvalue weighted by Gasteiger charge is 2.48. The van der Waals surface area contributed by atoms with E-state index in [0.717, 1.165) is 72.8 Å². The van der Waals surface area contributed by atoms with Crippen LogP contribution in [0.5, 0.6) is 0 Å². The predicted molar refractivity (Wildman–Crippen MR) is 147 cm³/mol. The zero-order valence-corrected chi connectivity index (χ0v) is 23.8. The predicted octanol–water partition coefficient (Wildman–Crippen LogP) is 3.16. The molecule has 3 N–H and O–H groups in total. The minimum atomic E-state index is -0.178. The van der Waals surface area contributed by atoms with Crippen LogP contribution in [0.4, 0.5) is 11.6 Å². The third-order valence-corrected chi connectivity index (χ3v) is 10.8. The van der Waals surface area contributed by atoms with E-state index in [1.54, 1.807) is 6.20 Å². The quantitative estimate of drug-likeness (QED) is 0.372. The number of nitrogens with zero attached hydrogens (tertiary/aromatic N) is 5. The molecular weight excluding hydrogens is 615 g/mol. The number of aliphatic hydroxyl groups excluding tert-OH is 1. The van der Waals surface area contributed by atoms with E-state index < -0.39 is 0 Å². The number of fused-ring (bicyclic) bond motifs is 2. The van der Waals surface area contributed by atoms with Crippen molar-refractivity contribution in [2.75, 3.05) is 42.6 Å². The number of ether oxygens (including phenoxy) is 2.